The summed E-state index contributed by atoms with van der Waals surface area (Å²) < 4.78 is 5.79. The number of hydrogen-bond acceptors (Lipinski definition) is 4. The number of aromatic amines is 1. The first kappa shape index (κ1) is 18.2. The van der Waals surface area contributed by atoms with Gasteiger partial charge in [-0.25, -0.2) is 4.98 Å². The number of nitrogens with zero attached hydrogens (tertiary/aromatic N) is 2. The van der Waals surface area contributed by atoms with Crippen LogP contribution in [0.25, 0.3) is 10.9 Å². The van der Waals surface area contributed by atoms with Crippen LogP contribution in [0.1, 0.15) is 25.2 Å². The molecule has 4 rings (SSSR count). The zero-order valence-corrected chi connectivity index (χ0v) is 16.0. The molecule has 6 nitrogen and oxygen atoms in total. The Kier molecular flexibility index (Phi) is 4.86. The summed E-state index contributed by atoms with van der Waals surface area (Å²) in [7, 11) is 0. The molecule has 2 heterocycles. The first-order chi connectivity index (χ1) is 13.5. The maximum absolute atomic E-state index is 13.2. The van der Waals surface area contributed by atoms with Gasteiger partial charge in [-0.1, -0.05) is 30.3 Å². The molecule has 0 aliphatic carbocycles. The van der Waals surface area contributed by atoms with Crippen LogP contribution in [0.2, 0.25) is 0 Å². The van der Waals surface area contributed by atoms with Gasteiger partial charge in [0.1, 0.15) is 18.2 Å². The Morgan fingerprint density at radius 3 is 2.79 bits per heavy atom. The molecule has 0 saturated carbocycles. The predicted octanol–water partition coefficient (Wildman–Crippen LogP) is 2.91. The van der Waals surface area contributed by atoms with Crippen LogP contribution in [0.5, 0.6) is 5.75 Å². The molecular formula is C22H23N3O3. The molecule has 1 N–H and O–H groups in total. The van der Waals surface area contributed by atoms with Crippen molar-refractivity contribution in [1.29, 1.82) is 0 Å². The van der Waals surface area contributed by atoms with Crippen molar-refractivity contribution in [3.8, 4) is 5.75 Å². The number of benzene rings is 2. The van der Waals surface area contributed by atoms with Crippen LogP contribution >= 0.6 is 0 Å². The molecule has 1 aromatic heterocycles. The minimum atomic E-state index is -0.246. The lowest BCUT2D eigenvalue weighted by Crippen LogP contribution is -2.44. The van der Waals surface area contributed by atoms with Crippen LogP contribution in [-0.2, 0) is 17.8 Å². The molecule has 0 spiro atoms. The third-order valence-corrected chi connectivity index (χ3v) is 5.12. The zero-order valence-electron chi connectivity index (χ0n) is 16.0. The van der Waals surface area contributed by atoms with Crippen molar-refractivity contribution < 1.29 is 9.53 Å². The Morgan fingerprint density at radius 1 is 1.21 bits per heavy atom. The number of para-hydroxylation sites is 2. The highest BCUT2D eigenvalue weighted by Crippen LogP contribution is 2.28. The zero-order chi connectivity index (χ0) is 19.7. The summed E-state index contributed by atoms with van der Waals surface area (Å²) in [5.41, 5.74) is 1.49. The highest BCUT2D eigenvalue weighted by atomic mass is 16.5. The van der Waals surface area contributed by atoms with Crippen molar-refractivity contribution in [2.45, 2.75) is 32.9 Å². The average Bonchev–Trinajstić information content (AvgIpc) is 2.71. The van der Waals surface area contributed by atoms with Crippen LogP contribution in [0.3, 0.4) is 0 Å². The van der Waals surface area contributed by atoms with Crippen molar-refractivity contribution in [1.82, 2.24) is 14.9 Å². The number of fused-ring (bicyclic) bond motifs is 2. The van der Waals surface area contributed by atoms with E-state index in [0.717, 1.165) is 11.3 Å². The molecule has 1 unspecified atom stereocenters. The van der Waals surface area contributed by atoms with Crippen molar-refractivity contribution >= 4 is 16.8 Å². The van der Waals surface area contributed by atoms with Gasteiger partial charge in [0, 0.05) is 6.04 Å². The lowest BCUT2D eigenvalue weighted by molar-refractivity contribution is -0.139. The summed E-state index contributed by atoms with van der Waals surface area (Å²) in [6, 6.07) is 15.0. The number of carbonyl (C=O) groups excluding carboxylic acids is 1. The third-order valence-electron chi connectivity index (χ3n) is 5.12. The van der Waals surface area contributed by atoms with Gasteiger partial charge in [0.25, 0.3) is 5.56 Å². The number of amides is 1. The quantitative estimate of drug-likeness (QED) is 0.759. The predicted molar refractivity (Wildman–Crippen MR) is 107 cm³/mol. The third kappa shape index (κ3) is 3.50. The van der Waals surface area contributed by atoms with Gasteiger partial charge in [0.05, 0.1) is 23.4 Å². The van der Waals surface area contributed by atoms with Gasteiger partial charge in [-0.05, 0) is 44.0 Å². The first-order valence-corrected chi connectivity index (χ1v) is 9.52. The summed E-state index contributed by atoms with van der Waals surface area (Å²) in [5.74, 6) is 1.11. The van der Waals surface area contributed by atoms with E-state index in [1.807, 2.05) is 56.3 Å². The molecule has 1 amide bonds. The smallest absolute Gasteiger partial charge is 0.258 e. The van der Waals surface area contributed by atoms with Crippen molar-refractivity contribution in [2.24, 2.45) is 5.92 Å². The second-order valence-corrected chi connectivity index (χ2v) is 7.41. The lowest BCUT2D eigenvalue weighted by Gasteiger charge is -2.32. The van der Waals surface area contributed by atoms with Crippen LogP contribution < -0.4 is 10.3 Å². The minimum Gasteiger partial charge on any atom is -0.492 e. The van der Waals surface area contributed by atoms with Crippen LogP contribution in [0, 0.1) is 5.92 Å². The second-order valence-electron chi connectivity index (χ2n) is 7.41. The SMILES string of the molecule is CC(C)N(Cc1nc2ccccc2c(=O)[nH]1)C(=O)C1COc2ccccc2C1. The Hall–Kier alpha value is -3.15. The average molecular weight is 377 g/mol. The molecule has 0 saturated heterocycles. The fraction of sp³-hybridized carbons (Fsp3) is 0.318. The molecule has 1 aliphatic rings. The summed E-state index contributed by atoms with van der Waals surface area (Å²) in [6.07, 6.45) is 0.653. The fourth-order valence-corrected chi connectivity index (χ4v) is 3.61. The van der Waals surface area contributed by atoms with Crippen LogP contribution in [0.4, 0.5) is 0 Å². The molecule has 1 atom stereocenters. The van der Waals surface area contributed by atoms with E-state index in [2.05, 4.69) is 9.97 Å². The van der Waals surface area contributed by atoms with Gasteiger partial charge < -0.3 is 14.6 Å². The number of rotatable bonds is 4. The molecule has 6 heteroatoms. The number of ether oxygens (including phenoxy) is 1. The Labute approximate surface area is 163 Å². The number of carbonyl (C=O) groups is 1. The number of nitrogens with one attached hydrogen (secondary N) is 1. The number of hydrogen-bond donors (Lipinski definition) is 1. The van der Waals surface area contributed by atoms with Gasteiger partial charge in [0.15, 0.2) is 0 Å². The molecule has 1 aliphatic heterocycles. The molecule has 2 aromatic carbocycles. The van der Waals surface area contributed by atoms with E-state index >= 15 is 0 Å². The van der Waals surface area contributed by atoms with Crippen molar-refractivity contribution in [3.05, 3.63) is 70.3 Å². The number of aromatic nitrogens is 2. The van der Waals surface area contributed by atoms with Crippen molar-refractivity contribution in [2.75, 3.05) is 6.61 Å². The standard InChI is InChI=1S/C22H23N3O3/c1-14(2)25(12-20-23-18-9-5-4-8-17(18)21(26)24-20)22(27)16-11-15-7-3-6-10-19(15)28-13-16/h3-10,14,16H,11-13H2,1-2H3,(H,23,24,26). The Balaban J connectivity index is 1.58. The molecule has 0 fully saturated rings. The monoisotopic (exact) mass is 377 g/mol. The normalized spacial score (nSPS) is 15.9. The van der Waals surface area contributed by atoms with Gasteiger partial charge in [-0.15, -0.1) is 0 Å². The number of H-pyrrole nitrogens is 1. The molecule has 3 aromatic rings. The largest absolute Gasteiger partial charge is 0.492 e. The van der Waals surface area contributed by atoms with Gasteiger partial charge in [0.2, 0.25) is 5.91 Å². The van der Waals surface area contributed by atoms with E-state index in [9.17, 15) is 9.59 Å². The maximum Gasteiger partial charge on any atom is 0.258 e. The molecule has 0 radical (unpaired) electrons. The lowest BCUT2D eigenvalue weighted by atomic mass is 9.95. The van der Waals surface area contributed by atoms with Gasteiger partial charge >= 0.3 is 0 Å². The highest BCUT2D eigenvalue weighted by Gasteiger charge is 2.31. The molecule has 144 valence electrons. The van der Waals surface area contributed by atoms with Gasteiger partial charge in [-0.2, -0.15) is 0 Å². The van der Waals surface area contributed by atoms with E-state index in [1.165, 1.54) is 0 Å². The Morgan fingerprint density at radius 2 is 1.96 bits per heavy atom. The van der Waals surface area contributed by atoms with E-state index in [4.69, 9.17) is 4.74 Å². The molecular weight excluding hydrogens is 354 g/mol. The van der Waals surface area contributed by atoms with E-state index in [-0.39, 0.29) is 30.0 Å². The molecule has 0 bridgehead atoms. The minimum absolute atomic E-state index is 0.0142. The van der Waals surface area contributed by atoms with E-state index in [0.29, 0.717) is 29.8 Å². The summed E-state index contributed by atoms with van der Waals surface area (Å²) in [6.45, 7) is 4.55. The van der Waals surface area contributed by atoms with Crippen LogP contribution in [-0.4, -0.2) is 33.4 Å². The maximum atomic E-state index is 13.2. The summed E-state index contributed by atoms with van der Waals surface area (Å²) in [5, 5.41) is 0.547. The Bertz CT molecular complexity index is 1070. The topological polar surface area (TPSA) is 75.3 Å². The fourth-order valence-electron chi connectivity index (χ4n) is 3.61. The second kappa shape index (κ2) is 7.46. The van der Waals surface area contributed by atoms with Gasteiger partial charge in [-0.3, -0.25) is 9.59 Å². The van der Waals surface area contributed by atoms with E-state index in [1.54, 1.807) is 11.0 Å². The highest BCUT2D eigenvalue weighted by molar-refractivity contribution is 5.80. The summed E-state index contributed by atoms with van der Waals surface area (Å²) >= 11 is 0. The summed E-state index contributed by atoms with van der Waals surface area (Å²) in [4.78, 5) is 34.7. The van der Waals surface area contributed by atoms with Crippen LogP contribution in [0.15, 0.2) is 53.3 Å². The van der Waals surface area contributed by atoms with E-state index < -0.39 is 0 Å². The molecule has 28 heavy (non-hydrogen) atoms. The first-order valence-electron chi connectivity index (χ1n) is 9.52. The van der Waals surface area contributed by atoms with Crippen molar-refractivity contribution in [3.63, 3.8) is 0 Å².